The Morgan fingerprint density at radius 2 is 1.65 bits per heavy atom. The van der Waals surface area contributed by atoms with E-state index in [1.807, 2.05) is 13.8 Å². The highest BCUT2D eigenvalue weighted by molar-refractivity contribution is 7.36. The van der Waals surface area contributed by atoms with Crippen LogP contribution in [-0.2, 0) is 14.3 Å². The number of carbonyl (C=O) groups excluding carboxylic acids is 1. The van der Waals surface area contributed by atoms with E-state index in [-0.39, 0.29) is 25.0 Å². The van der Waals surface area contributed by atoms with Gasteiger partial charge in [-0.1, -0.05) is 70.9 Å². The SMILES string of the molecule is C/C=C\CCCCOC(C)C.CC.COC(=O)C(CN)CN.CPCCCCCC1CCCC1. The highest BCUT2D eigenvalue weighted by Crippen LogP contribution is 2.29. The molecule has 206 valence electrons. The molecule has 0 radical (unpaired) electrons. The standard InChI is InChI=1S/C11H23P.C10H20O.C5H12N2O2.C2H6/c1-12-10-6-2-3-7-11-8-4-5-9-11;1-4-5-6-7-8-9-11-10(2)3;1-9-5(8)4(2-6)3-7;1-2/h11-12H,2-10H2,1H3;4-5,10H,6-9H2,1-3H3;4H,2-3,6-7H2,1H3;1-2H3/b;5-4-;;. The van der Waals surface area contributed by atoms with Crippen molar-refractivity contribution >= 4 is 14.6 Å². The summed E-state index contributed by atoms with van der Waals surface area (Å²) in [5.74, 6) is 0.448. The van der Waals surface area contributed by atoms with Crippen LogP contribution in [-0.4, -0.2) is 51.7 Å². The lowest BCUT2D eigenvalue weighted by atomic mass is 10.0. The molecule has 0 amide bonds. The van der Waals surface area contributed by atoms with Gasteiger partial charge in [-0.2, -0.15) is 0 Å². The first-order valence-electron chi connectivity index (χ1n) is 13.8. The third kappa shape index (κ3) is 29.6. The van der Waals surface area contributed by atoms with Crippen LogP contribution in [0, 0.1) is 11.8 Å². The fourth-order valence-electron chi connectivity index (χ4n) is 3.52. The number of methoxy groups -OCH3 is 1. The van der Waals surface area contributed by atoms with Crippen LogP contribution in [0.5, 0.6) is 0 Å². The average molecular weight is 505 g/mol. The average Bonchev–Trinajstić information content (AvgIpc) is 3.37. The molecule has 34 heavy (non-hydrogen) atoms. The Kier molecular flexibility index (Phi) is 36.4. The van der Waals surface area contributed by atoms with Gasteiger partial charge in [-0.25, -0.2) is 0 Å². The van der Waals surface area contributed by atoms with E-state index in [2.05, 4.69) is 44.3 Å². The molecule has 0 aromatic carbocycles. The van der Waals surface area contributed by atoms with Gasteiger partial charge in [0.25, 0.3) is 0 Å². The third-order valence-corrected chi connectivity index (χ3v) is 6.42. The fourth-order valence-corrected chi connectivity index (χ4v) is 4.12. The molecule has 0 spiro atoms. The lowest BCUT2D eigenvalue weighted by molar-refractivity contribution is -0.144. The summed E-state index contributed by atoms with van der Waals surface area (Å²) in [5, 5.41) is 0. The van der Waals surface area contributed by atoms with Gasteiger partial charge in [-0.3, -0.25) is 4.79 Å². The van der Waals surface area contributed by atoms with Crippen LogP contribution in [0.15, 0.2) is 12.2 Å². The second-order valence-electron chi connectivity index (χ2n) is 8.78. The smallest absolute Gasteiger partial charge is 0.311 e. The molecule has 6 heteroatoms. The van der Waals surface area contributed by atoms with Crippen LogP contribution in [0.3, 0.4) is 0 Å². The van der Waals surface area contributed by atoms with E-state index in [9.17, 15) is 4.79 Å². The number of rotatable bonds is 15. The normalized spacial score (nSPS) is 13.5. The van der Waals surface area contributed by atoms with Gasteiger partial charge in [0.1, 0.15) is 0 Å². The zero-order valence-corrected chi connectivity index (χ0v) is 24.9. The van der Waals surface area contributed by atoms with E-state index in [0.717, 1.165) is 12.5 Å². The molecule has 0 aliphatic heterocycles. The van der Waals surface area contributed by atoms with Crippen molar-refractivity contribution in [2.45, 2.75) is 111 Å². The van der Waals surface area contributed by atoms with Crippen molar-refractivity contribution in [1.82, 2.24) is 0 Å². The van der Waals surface area contributed by atoms with Crippen molar-refractivity contribution in [3.05, 3.63) is 12.2 Å². The number of hydrogen-bond donors (Lipinski definition) is 2. The zero-order valence-electron chi connectivity index (χ0n) is 23.9. The number of unbranched alkanes of at least 4 members (excludes halogenated alkanes) is 4. The van der Waals surface area contributed by atoms with Crippen LogP contribution in [0.1, 0.15) is 105 Å². The largest absolute Gasteiger partial charge is 0.469 e. The molecule has 0 bridgehead atoms. The minimum atomic E-state index is -0.338. The van der Waals surface area contributed by atoms with E-state index in [0.29, 0.717) is 6.10 Å². The first-order valence-corrected chi connectivity index (χ1v) is 15.5. The van der Waals surface area contributed by atoms with Crippen LogP contribution in [0.2, 0.25) is 0 Å². The molecular weight excluding hydrogens is 443 g/mol. The van der Waals surface area contributed by atoms with Gasteiger partial charge < -0.3 is 20.9 Å². The summed E-state index contributed by atoms with van der Waals surface area (Å²) >= 11 is 0. The molecule has 1 rings (SSSR count). The quantitative estimate of drug-likeness (QED) is 0.109. The Bertz CT molecular complexity index is 410. The van der Waals surface area contributed by atoms with Gasteiger partial charge in [0.05, 0.1) is 19.1 Å². The Morgan fingerprint density at radius 3 is 2.09 bits per heavy atom. The van der Waals surface area contributed by atoms with Crippen molar-refractivity contribution in [3.8, 4) is 0 Å². The summed E-state index contributed by atoms with van der Waals surface area (Å²) in [5.41, 5.74) is 10.4. The van der Waals surface area contributed by atoms with Gasteiger partial charge in [0.2, 0.25) is 0 Å². The van der Waals surface area contributed by atoms with Crippen LogP contribution >= 0.6 is 8.58 Å². The van der Waals surface area contributed by atoms with Crippen molar-refractivity contribution in [1.29, 1.82) is 0 Å². The summed E-state index contributed by atoms with van der Waals surface area (Å²) in [6.07, 6.45) is 21.9. The van der Waals surface area contributed by atoms with E-state index in [4.69, 9.17) is 16.2 Å². The Labute approximate surface area is 215 Å². The first kappa shape index (κ1) is 38.1. The van der Waals surface area contributed by atoms with E-state index >= 15 is 0 Å². The monoisotopic (exact) mass is 504 g/mol. The van der Waals surface area contributed by atoms with Crippen molar-refractivity contribution < 1.29 is 14.3 Å². The minimum Gasteiger partial charge on any atom is -0.469 e. The lowest BCUT2D eigenvalue weighted by Crippen LogP contribution is -2.31. The molecule has 1 fully saturated rings. The molecule has 1 aliphatic rings. The molecule has 4 N–H and O–H groups in total. The molecule has 5 nitrogen and oxygen atoms in total. The van der Waals surface area contributed by atoms with Crippen molar-refractivity contribution in [2.75, 3.05) is 39.6 Å². The van der Waals surface area contributed by atoms with Gasteiger partial charge in [-0.05, 0) is 65.2 Å². The van der Waals surface area contributed by atoms with E-state index in [1.54, 1.807) is 0 Å². The van der Waals surface area contributed by atoms with Crippen molar-refractivity contribution in [3.63, 3.8) is 0 Å². The Hall–Kier alpha value is -0.480. The molecule has 0 aromatic rings. The minimum absolute atomic E-state index is 0.253. The summed E-state index contributed by atoms with van der Waals surface area (Å²) in [7, 11) is 2.50. The molecule has 1 atom stereocenters. The van der Waals surface area contributed by atoms with Crippen LogP contribution in [0.4, 0.5) is 0 Å². The Balaban J connectivity index is -0.000000413. The predicted octanol–water partition coefficient (Wildman–Crippen LogP) is 6.92. The first-order chi connectivity index (χ1) is 16.5. The molecule has 1 aliphatic carbocycles. The molecule has 0 heterocycles. The molecule has 0 saturated heterocycles. The fraction of sp³-hybridized carbons (Fsp3) is 0.893. The highest BCUT2D eigenvalue weighted by atomic mass is 31.1. The number of nitrogens with two attached hydrogens (primary N) is 2. The van der Waals surface area contributed by atoms with Gasteiger partial charge >= 0.3 is 5.97 Å². The molecular formula is C28H61N2O3P. The van der Waals surface area contributed by atoms with Crippen molar-refractivity contribution in [2.24, 2.45) is 23.3 Å². The van der Waals surface area contributed by atoms with Crippen LogP contribution in [0.25, 0.3) is 0 Å². The molecule has 1 saturated carbocycles. The lowest BCUT2D eigenvalue weighted by Gasteiger charge is -2.07. The Morgan fingerprint density at radius 1 is 1.03 bits per heavy atom. The van der Waals surface area contributed by atoms with Crippen LogP contribution < -0.4 is 11.5 Å². The van der Waals surface area contributed by atoms with Gasteiger partial charge in [0, 0.05) is 19.7 Å². The molecule has 0 aromatic heterocycles. The number of ether oxygens (including phenoxy) is 2. The van der Waals surface area contributed by atoms with E-state index in [1.165, 1.54) is 92.5 Å². The van der Waals surface area contributed by atoms with Gasteiger partial charge in [-0.15, -0.1) is 8.58 Å². The third-order valence-electron chi connectivity index (χ3n) is 5.57. The summed E-state index contributed by atoms with van der Waals surface area (Å²) in [4.78, 5) is 10.6. The summed E-state index contributed by atoms with van der Waals surface area (Å²) in [6, 6.07) is 0. The maximum absolute atomic E-state index is 10.6. The van der Waals surface area contributed by atoms with E-state index < -0.39 is 0 Å². The maximum atomic E-state index is 10.6. The second-order valence-corrected chi connectivity index (χ2v) is 9.99. The maximum Gasteiger partial charge on any atom is 0.311 e. The number of allylic oxidation sites excluding steroid dienone is 2. The predicted molar refractivity (Wildman–Crippen MR) is 154 cm³/mol. The number of carbonyl (C=O) groups is 1. The summed E-state index contributed by atoms with van der Waals surface area (Å²) < 4.78 is 9.79. The second kappa shape index (κ2) is 32.5. The topological polar surface area (TPSA) is 87.6 Å². The zero-order chi connectivity index (χ0) is 26.5. The number of hydrogen-bond acceptors (Lipinski definition) is 5. The number of esters is 1. The molecule has 1 unspecified atom stereocenters. The summed E-state index contributed by atoms with van der Waals surface area (Å²) in [6.45, 7) is 13.9. The van der Waals surface area contributed by atoms with Gasteiger partial charge in [0.15, 0.2) is 0 Å². The highest BCUT2D eigenvalue weighted by Gasteiger charge is 2.14.